The number of amides is 3. The lowest BCUT2D eigenvalue weighted by Crippen LogP contribution is -2.43. The minimum atomic E-state index is -3.76. The van der Waals surface area contributed by atoms with Gasteiger partial charge in [-0.2, -0.15) is 0 Å². The molecule has 3 amide bonds. The first-order valence-electron chi connectivity index (χ1n) is 10.1. The zero-order valence-corrected chi connectivity index (χ0v) is 20.9. The molecule has 2 aliphatic rings. The molecular formula is C19H28BrN3O6S2. The van der Waals surface area contributed by atoms with Gasteiger partial charge < -0.3 is 14.5 Å². The Bertz CT molecular complexity index is 900. The Labute approximate surface area is 195 Å². The summed E-state index contributed by atoms with van der Waals surface area (Å²) in [6, 6.07) is 3.25. The molecule has 0 bridgehead atoms. The third kappa shape index (κ3) is 5.59. The lowest BCUT2D eigenvalue weighted by atomic mass is 9.97. The Kier molecular flexibility index (Phi) is 8.00. The fraction of sp³-hybridized carbons (Fsp3) is 0.684. The number of sulfone groups is 1. The van der Waals surface area contributed by atoms with Crippen molar-refractivity contribution < 1.29 is 27.6 Å². The monoisotopic (exact) mass is 537 g/mol. The van der Waals surface area contributed by atoms with E-state index in [0.717, 1.165) is 16.6 Å². The number of hydrogen-bond acceptors (Lipinski definition) is 7. The highest BCUT2D eigenvalue weighted by molar-refractivity contribution is 9.11. The van der Waals surface area contributed by atoms with E-state index >= 15 is 0 Å². The van der Waals surface area contributed by atoms with Gasteiger partial charge in [0, 0.05) is 45.1 Å². The van der Waals surface area contributed by atoms with E-state index in [4.69, 9.17) is 9.57 Å². The maximum Gasteiger partial charge on any atom is 0.319 e. The van der Waals surface area contributed by atoms with Gasteiger partial charge in [0.05, 0.1) is 16.0 Å². The van der Waals surface area contributed by atoms with Crippen molar-refractivity contribution in [1.82, 2.24) is 15.3 Å². The van der Waals surface area contributed by atoms with Crippen LogP contribution in [0.4, 0.5) is 4.79 Å². The third-order valence-corrected chi connectivity index (χ3v) is 10.0. The Balaban J connectivity index is 1.84. The van der Waals surface area contributed by atoms with E-state index in [-0.39, 0.29) is 37.7 Å². The van der Waals surface area contributed by atoms with Gasteiger partial charge in [0.1, 0.15) is 4.75 Å². The minimum Gasteiger partial charge on any atom is -0.350 e. The molecule has 2 saturated heterocycles. The molecule has 2 aliphatic heterocycles. The SMILES string of the molecule is CN(C)C(=O)N1CCC(CC(=O)NOC2CCCCO2)(c2ccc(Br)s2)S(=O)(=O)CC1. The maximum atomic E-state index is 13.5. The van der Waals surface area contributed by atoms with Crippen LogP contribution in [0.2, 0.25) is 0 Å². The van der Waals surface area contributed by atoms with Crippen LogP contribution < -0.4 is 5.48 Å². The first-order chi connectivity index (χ1) is 14.6. The van der Waals surface area contributed by atoms with Gasteiger partial charge in [0.25, 0.3) is 0 Å². The molecule has 3 heterocycles. The highest BCUT2D eigenvalue weighted by atomic mass is 79.9. The molecule has 2 fully saturated rings. The van der Waals surface area contributed by atoms with Crippen molar-refractivity contribution in [2.24, 2.45) is 0 Å². The molecule has 0 aromatic carbocycles. The van der Waals surface area contributed by atoms with Gasteiger partial charge in [0.2, 0.25) is 5.91 Å². The molecule has 0 aliphatic carbocycles. The molecule has 1 N–H and O–H groups in total. The van der Waals surface area contributed by atoms with Crippen LogP contribution in [0.15, 0.2) is 15.9 Å². The summed E-state index contributed by atoms with van der Waals surface area (Å²) in [6.07, 6.45) is 1.86. The number of ether oxygens (including phenoxy) is 1. The quantitative estimate of drug-likeness (QED) is 0.578. The standard InChI is InChI=1S/C19H28BrN3O6S2/c1-22(2)18(25)23-9-8-19(31(26,27)12-10-23,14-6-7-15(20)30-14)13-16(24)21-29-17-5-3-4-11-28-17/h6-7,17H,3-5,8-13H2,1-2H3,(H,21,24). The Morgan fingerprint density at radius 1 is 1.35 bits per heavy atom. The molecular weight excluding hydrogens is 510 g/mol. The molecule has 2 atom stereocenters. The van der Waals surface area contributed by atoms with Gasteiger partial charge in [-0.3, -0.25) is 4.79 Å². The molecule has 0 saturated carbocycles. The maximum absolute atomic E-state index is 13.5. The van der Waals surface area contributed by atoms with E-state index in [0.29, 0.717) is 17.9 Å². The summed E-state index contributed by atoms with van der Waals surface area (Å²) in [7, 11) is -0.505. The third-order valence-electron chi connectivity index (χ3n) is 5.57. The highest BCUT2D eigenvalue weighted by Crippen LogP contribution is 2.44. The van der Waals surface area contributed by atoms with E-state index in [9.17, 15) is 18.0 Å². The van der Waals surface area contributed by atoms with Crippen molar-refractivity contribution in [2.75, 3.05) is 39.5 Å². The zero-order chi connectivity index (χ0) is 22.6. The second-order valence-corrected chi connectivity index (χ2v) is 12.8. The van der Waals surface area contributed by atoms with Crippen molar-refractivity contribution >= 4 is 49.0 Å². The Morgan fingerprint density at radius 2 is 2.13 bits per heavy atom. The topological polar surface area (TPSA) is 105 Å². The molecule has 0 spiro atoms. The van der Waals surface area contributed by atoms with Crippen LogP contribution in [-0.2, 0) is 29.0 Å². The van der Waals surface area contributed by atoms with Crippen LogP contribution in [0.25, 0.3) is 0 Å². The van der Waals surface area contributed by atoms with Crippen molar-refractivity contribution in [3.05, 3.63) is 20.8 Å². The van der Waals surface area contributed by atoms with Gasteiger partial charge in [-0.15, -0.1) is 11.3 Å². The summed E-state index contributed by atoms with van der Waals surface area (Å²) >= 11 is 4.68. The number of rotatable bonds is 5. The first kappa shape index (κ1) is 24.4. The average molecular weight is 538 g/mol. The lowest BCUT2D eigenvalue weighted by molar-refractivity contribution is -0.200. The molecule has 9 nitrogen and oxygen atoms in total. The number of thiophene rings is 1. The zero-order valence-electron chi connectivity index (χ0n) is 17.6. The van der Waals surface area contributed by atoms with Crippen molar-refractivity contribution in [1.29, 1.82) is 0 Å². The van der Waals surface area contributed by atoms with E-state index in [1.54, 1.807) is 26.2 Å². The molecule has 0 radical (unpaired) electrons. The minimum absolute atomic E-state index is 0.0850. The summed E-state index contributed by atoms with van der Waals surface area (Å²) in [5, 5.41) is 0. The van der Waals surface area contributed by atoms with Crippen molar-refractivity contribution in [3.63, 3.8) is 0 Å². The largest absolute Gasteiger partial charge is 0.350 e. The van der Waals surface area contributed by atoms with Crippen LogP contribution in [0.1, 0.15) is 37.0 Å². The Morgan fingerprint density at radius 3 is 2.74 bits per heavy atom. The van der Waals surface area contributed by atoms with Crippen molar-refractivity contribution in [2.45, 2.75) is 43.1 Å². The fourth-order valence-corrected chi connectivity index (χ4v) is 7.82. The van der Waals surface area contributed by atoms with Gasteiger partial charge in [-0.05, 0) is 47.3 Å². The number of carbonyl (C=O) groups excluding carboxylic acids is 2. The van der Waals surface area contributed by atoms with E-state index in [1.807, 2.05) is 0 Å². The van der Waals surface area contributed by atoms with Crippen LogP contribution in [-0.4, -0.2) is 76.0 Å². The average Bonchev–Trinajstić information content (AvgIpc) is 3.12. The second kappa shape index (κ2) is 10.2. The van der Waals surface area contributed by atoms with Crippen LogP contribution in [0.3, 0.4) is 0 Å². The number of nitrogens with zero attached hydrogens (tertiary/aromatic N) is 2. The van der Waals surface area contributed by atoms with E-state index in [2.05, 4.69) is 21.4 Å². The van der Waals surface area contributed by atoms with E-state index < -0.39 is 26.8 Å². The molecule has 31 heavy (non-hydrogen) atoms. The number of hydroxylamine groups is 1. The number of nitrogens with one attached hydrogen (secondary N) is 1. The van der Waals surface area contributed by atoms with Gasteiger partial charge in [0.15, 0.2) is 16.1 Å². The number of hydrogen-bond donors (Lipinski definition) is 1. The van der Waals surface area contributed by atoms with Crippen LogP contribution >= 0.6 is 27.3 Å². The predicted octanol–water partition coefficient (Wildman–Crippen LogP) is 2.47. The molecule has 3 rings (SSSR count). The number of halogens is 1. The first-order valence-corrected chi connectivity index (χ1v) is 13.4. The molecule has 174 valence electrons. The number of carbonyl (C=O) groups is 2. The van der Waals surface area contributed by atoms with Crippen LogP contribution in [0, 0.1) is 0 Å². The summed E-state index contributed by atoms with van der Waals surface area (Å²) in [5.74, 6) is -0.753. The molecule has 2 unspecified atom stereocenters. The summed E-state index contributed by atoms with van der Waals surface area (Å²) in [5.41, 5.74) is 2.39. The van der Waals surface area contributed by atoms with E-state index in [1.165, 1.54) is 21.1 Å². The van der Waals surface area contributed by atoms with Crippen molar-refractivity contribution in [3.8, 4) is 0 Å². The molecule has 1 aromatic rings. The van der Waals surface area contributed by atoms with Gasteiger partial charge >= 0.3 is 6.03 Å². The number of urea groups is 1. The molecule has 12 heteroatoms. The van der Waals surface area contributed by atoms with Crippen LogP contribution in [0.5, 0.6) is 0 Å². The predicted molar refractivity (Wildman–Crippen MR) is 120 cm³/mol. The van der Waals surface area contributed by atoms with Gasteiger partial charge in [-0.1, -0.05) is 0 Å². The highest BCUT2D eigenvalue weighted by Gasteiger charge is 2.50. The summed E-state index contributed by atoms with van der Waals surface area (Å²) < 4.78 is 31.8. The lowest BCUT2D eigenvalue weighted by Gasteiger charge is -2.31. The Hall–Kier alpha value is -1.21. The second-order valence-electron chi connectivity index (χ2n) is 7.95. The summed E-state index contributed by atoms with van der Waals surface area (Å²) in [6.45, 7) is 0.880. The normalized spacial score (nSPS) is 26.2. The smallest absolute Gasteiger partial charge is 0.319 e. The molecule has 1 aromatic heterocycles. The fourth-order valence-electron chi connectivity index (χ4n) is 3.83. The van der Waals surface area contributed by atoms with Gasteiger partial charge in [-0.25, -0.2) is 23.5 Å². The summed E-state index contributed by atoms with van der Waals surface area (Å²) in [4.78, 5) is 34.1.